The molecule has 2 unspecified atom stereocenters. The Morgan fingerprint density at radius 2 is 1.66 bits per heavy atom. The largest absolute Gasteiger partial charge is 0.491 e. The van der Waals surface area contributed by atoms with Gasteiger partial charge >= 0.3 is 6.09 Å². The van der Waals surface area contributed by atoms with Crippen LogP contribution < -0.4 is 25.8 Å². The van der Waals surface area contributed by atoms with Gasteiger partial charge < -0.3 is 20.1 Å². The van der Waals surface area contributed by atoms with Crippen molar-refractivity contribution in [2.45, 2.75) is 58.8 Å². The smallest absolute Gasteiger partial charge is 0.430 e. The van der Waals surface area contributed by atoms with Crippen molar-refractivity contribution in [2.75, 3.05) is 12.1 Å². The number of aromatic nitrogens is 1. The SMILES string of the molecule is C=CC(C)NC(=O)c1c(OC)c(=O)c(C(=O)NCc2c(F)cc(F)cc2F)cn1N(C(=O)OC(C)(C)C)C(C)C=C. The number of rotatable bonds is 10. The number of pyridine rings is 1. The van der Waals surface area contributed by atoms with Gasteiger partial charge in [-0.2, -0.15) is 0 Å². The van der Waals surface area contributed by atoms with Crippen LogP contribution in [0.5, 0.6) is 5.75 Å². The Kier molecular flexibility index (Phi) is 10.5. The first-order chi connectivity index (χ1) is 19.1. The van der Waals surface area contributed by atoms with E-state index in [4.69, 9.17) is 9.47 Å². The molecule has 2 atom stereocenters. The predicted octanol–water partition coefficient (Wildman–Crippen LogP) is 3.96. The highest BCUT2D eigenvalue weighted by molar-refractivity contribution is 5.99. The van der Waals surface area contributed by atoms with Crippen LogP contribution in [0.15, 0.2) is 48.4 Å². The van der Waals surface area contributed by atoms with Crippen LogP contribution >= 0.6 is 0 Å². The summed E-state index contributed by atoms with van der Waals surface area (Å²) in [5, 5.41) is 5.71. The Balaban J connectivity index is 2.78. The number of hydrogen-bond acceptors (Lipinski definition) is 6. The molecule has 0 radical (unpaired) electrons. The molecule has 3 amide bonds. The lowest BCUT2D eigenvalue weighted by atomic mass is 10.1. The van der Waals surface area contributed by atoms with E-state index >= 15 is 0 Å². The summed E-state index contributed by atoms with van der Waals surface area (Å²) in [5.74, 6) is -6.27. The molecule has 0 spiro atoms. The summed E-state index contributed by atoms with van der Waals surface area (Å²) in [6.45, 7) is 14.5. The maximum absolute atomic E-state index is 14.1. The number of amides is 3. The van der Waals surface area contributed by atoms with Crippen molar-refractivity contribution >= 4 is 17.9 Å². The monoisotopic (exact) mass is 578 g/mol. The van der Waals surface area contributed by atoms with Crippen LogP contribution in [0, 0.1) is 17.5 Å². The molecule has 0 saturated heterocycles. The molecule has 2 rings (SSSR count). The lowest BCUT2D eigenvalue weighted by Gasteiger charge is -2.33. The molecule has 2 N–H and O–H groups in total. The van der Waals surface area contributed by atoms with Gasteiger partial charge in [-0.25, -0.2) is 27.7 Å². The van der Waals surface area contributed by atoms with E-state index in [2.05, 4.69) is 23.8 Å². The number of carbonyl (C=O) groups excluding carboxylic acids is 3. The Morgan fingerprint density at radius 1 is 1.07 bits per heavy atom. The van der Waals surface area contributed by atoms with Crippen LogP contribution in [-0.4, -0.2) is 47.4 Å². The molecular formula is C28H33F3N4O6. The van der Waals surface area contributed by atoms with Gasteiger partial charge in [0.2, 0.25) is 5.43 Å². The van der Waals surface area contributed by atoms with Crippen LogP contribution in [0.3, 0.4) is 0 Å². The van der Waals surface area contributed by atoms with E-state index in [0.717, 1.165) is 23.0 Å². The van der Waals surface area contributed by atoms with E-state index in [1.54, 1.807) is 27.7 Å². The summed E-state index contributed by atoms with van der Waals surface area (Å²) in [6, 6.07) is -0.564. The Bertz CT molecular complexity index is 1390. The summed E-state index contributed by atoms with van der Waals surface area (Å²) in [6.07, 6.45) is 2.70. The van der Waals surface area contributed by atoms with Gasteiger partial charge in [0.1, 0.15) is 28.6 Å². The average molecular weight is 579 g/mol. The lowest BCUT2D eigenvalue weighted by Crippen LogP contribution is -2.51. The van der Waals surface area contributed by atoms with Gasteiger partial charge in [-0.05, 0) is 34.6 Å². The summed E-state index contributed by atoms with van der Waals surface area (Å²) >= 11 is 0. The maximum Gasteiger partial charge on any atom is 0.430 e. The number of carbonyl (C=O) groups is 3. The molecule has 1 aromatic heterocycles. The van der Waals surface area contributed by atoms with Crippen molar-refractivity contribution in [3.63, 3.8) is 0 Å². The number of halogens is 3. The topological polar surface area (TPSA) is 119 Å². The van der Waals surface area contributed by atoms with Crippen LogP contribution in [0.25, 0.3) is 0 Å². The standard InChI is InChI=1S/C28H33F3N4O6/c1-9-15(3)33-26(38)22-24(40-8)23(36)19(25(37)32-13-18-20(30)11-17(29)12-21(18)31)14-34(22)35(16(4)10-2)27(39)41-28(5,6)7/h9-12,14-16H,1-2,13H2,3-8H3,(H,32,37)(H,33,38). The van der Waals surface area contributed by atoms with Gasteiger partial charge in [-0.3, -0.25) is 14.4 Å². The highest BCUT2D eigenvalue weighted by Gasteiger charge is 2.33. The lowest BCUT2D eigenvalue weighted by molar-refractivity contribution is 0.0525. The molecule has 0 aliphatic carbocycles. The summed E-state index contributed by atoms with van der Waals surface area (Å²) in [7, 11) is 1.08. The molecule has 10 nitrogen and oxygen atoms in total. The fraction of sp³-hybridized carbons (Fsp3) is 0.357. The summed E-state index contributed by atoms with van der Waals surface area (Å²) in [4.78, 5) is 53.2. The predicted molar refractivity (Wildman–Crippen MR) is 146 cm³/mol. The van der Waals surface area contributed by atoms with E-state index in [0.29, 0.717) is 12.1 Å². The minimum absolute atomic E-state index is 0.438. The van der Waals surface area contributed by atoms with Crippen LogP contribution in [0.4, 0.5) is 18.0 Å². The van der Waals surface area contributed by atoms with E-state index < -0.39 is 87.6 Å². The molecule has 222 valence electrons. The second-order valence-electron chi connectivity index (χ2n) is 9.93. The van der Waals surface area contributed by atoms with Crippen molar-refractivity contribution in [3.05, 3.63) is 88.1 Å². The molecule has 0 aliphatic heterocycles. The number of hydrogen-bond donors (Lipinski definition) is 2. The Hall–Kier alpha value is -4.55. The molecule has 1 aromatic carbocycles. The van der Waals surface area contributed by atoms with Crippen molar-refractivity contribution in [3.8, 4) is 5.75 Å². The maximum atomic E-state index is 14.1. The second kappa shape index (κ2) is 13.2. The highest BCUT2D eigenvalue weighted by atomic mass is 19.1. The Morgan fingerprint density at radius 3 is 2.15 bits per heavy atom. The molecular weight excluding hydrogens is 545 g/mol. The zero-order chi connectivity index (χ0) is 31.2. The molecule has 0 fully saturated rings. The minimum atomic E-state index is -1.25. The molecule has 41 heavy (non-hydrogen) atoms. The zero-order valence-electron chi connectivity index (χ0n) is 23.6. The molecule has 0 aliphatic rings. The number of nitrogens with zero attached hydrogens (tertiary/aromatic N) is 2. The van der Waals surface area contributed by atoms with Crippen LogP contribution in [0.2, 0.25) is 0 Å². The van der Waals surface area contributed by atoms with E-state index in [9.17, 15) is 32.3 Å². The normalized spacial score (nSPS) is 12.5. The molecule has 13 heteroatoms. The first kappa shape index (κ1) is 32.7. The van der Waals surface area contributed by atoms with Gasteiger partial charge in [-0.1, -0.05) is 12.2 Å². The third-order valence-corrected chi connectivity index (χ3v) is 5.59. The van der Waals surface area contributed by atoms with Gasteiger partial charge in [0.05, 0.1) is 13.2 Å². The third kappa shape index (κ3) is 7.77. The van der Waals surface area contributed by atoms with Gasteiger partial charge in [0.25, 0.3) is 11.8 Å². The second-order valence-corrected chi connectivity index (χ2v) is 9.93. The van der Waals surface area contributed by atoms with E-state index in [1.807, 2.05) is 0 Å². The number of ether oxygens (including phenoxy) is 2. The van der Waals surface area contributed by atoms with Gasteiger partial charge in [0.15, 0.2) is 11.4 Å². The van der Waals surface area contributed by atoms with Crippen molar-refractivity contribution < 1.29 is 37.0 Å². The third-order valence-electron chi connectivity index (χ3n) is 5.59. The van der Waals surface area contributed by atoms with Gasteiger partial charge in [0, 0.05) is 36.5 Å². The van der Waals surface area contributed by atoms with Gasteiger partial charge in [-0.15, -0.1) is 13.2 Å². The Labute approximate surface area is 235 Å². The summed E-state index contributed by atoms with van der Waals surface area (Å²) in [5.41, 5.74) is -3.81. The zero-order valence-corrected chi connectivity index (χ0v) is 23.6. The first-order valence-corrected chi connectivity index (χ1v) is 12.4. The molecule has 0 saturated carbocycles. The van der Waals surface area contributed by atoms with Crippen molar-refractivity contribution in [1.82, 2.24) is 15.3 Å². The number of methoxy groups -OCH3 is 1. The highest BCUT2D eigenvalue weighted by Crippen LogP contribution is 2.21. The van der Waals surface area contributed by atoms with Crippen LogP contribution in [0.1, 0.15) is 61.0 Å². The minimum Gasteiger partial charge on any atom is -0.491 e. The van der Waals surface area contributed by atoms with Crippen molar-refractivity contribution in [1.29, 1.82) is 0 Å². The van der Waals surface area contributed by atoms with Crippen LogP contribution in [-0.2, 0) is 11.3 Å². The first-order valence-electron chi connectivity index (χ1n) is 12.4. The van der Waals surface area contributed by atoms with E-state index in [-0.39, 0.29) is 0 Å². The quantitative estimate of drug-likeness (QED) is 0.412. The fourth-order valence-electron chi connectivity index (χ4n) is 3.51. The summed E-state index contributed by atoms with van der Waals surface area (Å²) < 4.78 is 53.2. The number of nitrogens with one attached hydrogen (secondary N) is 2. The molecule has 2 aromatic rings. The fourth-order valence-corrected chi connectivity index (χ4v) is 3.51. The number of benzene rings is 1. The molecule has 0 bridgehead atoms. The van der Waals surface area contributed by atoms with Crippen molar-refractivity contribution in [2.24, 2.45) is 0 Å². The molecule has 1 heterocycles. The average Bonchev–Trinajstić information content (AvgIpc) is 2.86. The van der Waals surface area contributed by atoms with E-state index in [1.165, 1.54) is 19.1 Å².